The number of carbonyl (C=O) groups excluding carboxylic acids is 3. The number of ether oxygens (including phenoxy) is 3. The summed E-state index contributed by atoms with van der Waals surface area (Å²) < 4.78 is 16.9. The first-order valence-electron chi connectivity index (χ1n) is 32.1. The molecule has 0 spiro atoms. The molecule has 0 saturated carbocycles. The second kappa shape index (κ2) is 61.9. The molecule has 0 aromatic heterocycles. The molecule has 0 rings (SSSR count). The van der Waals surface area contributed by atoms with Gasteiger partial charge in [0, 0.05) is 19.3 Å². The van der Waals surface area contributed by atoms with Crippen molar-refractivity contribution < 1.29 is 28.6 Å². The summed E-state index contributed by atoms with van der Waals surface area (Å²) in [6, 6.07) is 0. The zero-order valence-electron chi connectivity index (χ0n) is 48.9. The largest absolute Gasteiger partial charge is 0.462 e. The Balaban J connectivity index is 4.35. The molecule has 0 aliphatic rings. The second-order valence-electron chi connectivity index (χ2n) is 21.7. The highest BCUT2D eigenvalue weighted by Gasteiger charge is 2.19. The normalized spacial score (nSPS) is 11.9. The first-order chi connectivity index (χ1) is 36.0. The van der Waals surface area contributed by atoms with Gasteiger partial charge in [0.1, 0.15) is 13.2 Å². The Kier molecular flexibility index (Phi) is 59.7. The van der Waals surface area contributed by atoms with E-state index in [0.29, 0.717) is 19.3 Å². The lowest BCUT2D eigenvalue weighted by atomic mass is 10.1. The van der Waals surface area contributed by atoms with Crippen molar-refractivity contribution in [3.05, 3.63) is 48.6 Å². The van der Waals surface area contributed by atoms with Gasteiger partial charge in [-0.15, -0.1) is 0 Å². The molecule has 73 heavy (non-hydrogen) atoms. The fourth-order valence-corrected chi connectivity index (χ4v) is 9.41. The molecule has 0 atom stereocenters. The monoisotopic (exact) mass is 1020 g/mol. The van der Waals surface area contributed by atoms with Crippen LogP contribution in [0.2, 0.25) is 0 Å². The van der Waals surface area contributed by atoms with E-state index in [-0.39, 0.29) is 31.1 Å². The summed E-state index contributed by atoms with van der Waals surface area (Å²) in [7, 11) is 0. The van der Waals surface area contributed by atoms with Crippen molar-refractivity contribution in [2.24, 2.45) is 0 Å². The highest BCUT2D eigenvalue weighted by Crippen LogP contribution is 2.17. The summed E-state index contributed by atoms with van der Waals surface area (Å²) in [5.74, 6) is -0.868. The fraction of sp³-hybridized carbons (Fsp3) is 0.836. The molecule has 0 heterocycles. The quantitative estimate of drug-likeness (QED) is 0.0261. The molecular weight excluding hydrogens is 901 g/mol. The minimum atomic E-state index is -0.779. The second-order valence-corrected chi connectivity index (χ2v) is 21.7. The lowest BCUT2D eigenvalue weighted by Gasteiger charge is -2.18. The van der Waals surface area contributed by atoms with E-state index in [1.807, 2.05) is 0 Å². The van der Waals surface area contributed by atoms with Crippen LogP contribution in [0.3, 0.4) is 0 Å². The smallest absolute Gasteiger partial charge is 0.306 e. The average molecular weight is 1020 g/mol. The predicted octanol–water partition coefficient (Wildman–Crippen LogP) is 21.8. The van der Waals surface area contributed by atoms with E-state index < -0.39 is 6.10 Å². The molecule has 0 amide bonds. The topological polar surface area (TPSA) is 78.9 Å². The Bertz CT molecular complexity index is 1200. The molecule has 0 N–H and O–H groups in total. The van der Waals surface area contributed by atoms with Crippen LogP contribution in [0.5, 0.6) is 0 Å². The Hall–Kier alpha value is -2.63. The van der Waals surface area contributed by atoms with Gasteiger partial charge < -0.3 is 14.2 Å². The van der Waals surface area contributed by atoms with Crippen molar-refractivity contribution in [1.29, 1.82) is 0 Å². The van der Waals surface area contributed by atoms with Crippen LogP contribution in [0.1, 0.15) is 342 Å². The van der Waals surface area contributed by atoms with Gasteiger partial charge in [0.15, 0.2) is 6.10 Å². The van der Waals surface area contributed by atoms with E-state index in [4.69, 9.17) is 14.2 Å². The molecule has 0 bridgehead atoms. The highest BCUT2D eigenvalue weighted by atomic mass is 16.6. The van der Waals surface area contributed by atoms with Crippen LogP contribution in [-0.4, -0.2) is 37.2 Å². The van der Waals surface area contributed by atoms with Gasteiger partial charge in [-0.05, 0) is 103 Å². The molecular formula is C67H122O6. The van der Waals surface area contributed by atoms with Crippen molar-refractivity contribution in [2.75, 3.05) is 13.2 Å². The number of allylic oxidation sites excluding steroid dienone is 8. The molecule has 426 valence electrons. The average Bonchev–Trinajstić information content (AvgIpc) is 3.39. The SMILES string of the molecule is CCCCC/C=C\C/C=C\CCCCCCCCCC(=O)OC(COC(=O)CCCCCCCCCCC/C=C\CCCCCCCC)COC(=O)CCCCCCCCCCC/C=C\CCCCCCCC. The molecule has 0 aliphatic heterocycles. The standard InChI is InChI=1S/C67H122O6/c1-4-7-10-13-16-19-22-25-28-31-33-36-38-41-44-47-50-53-56-59-65(68)71-62-64(73-67(70)61-58-55-52-49-46-43-40-35-30-27-24-21-18-15-12-9-6-3)63-72-66(69)60-57-54-51-48-45-42-39-37-34-32-29-26-23-20-17-14-11-8-5-2/h18,21,25-30,64H,4-17,19-20,22-24,31-63H2,1-3H3/b21-18-,28-25-,29-26-,30-27-. The highest BCUT2D eigenvalue weighted by molar-refractivity contribution is 5.71. The Morgan fingerprint density at radius 3 is 0.795 bits per heavy atom. The van der Waals surface area contributed by atoms with Gasteiger partial charge in [-0.1, -0.05) is 268 Å². The van der Waals surface area contributed by atoms with Crippen LogP contribution in [0.15, 0.2) is 48.6 Å². The van der Waals surface area contributed by atoms with Crippen LogP contribution < -0.4 is 0 Å². The van der Waals surface area contributed by atoms with Crippen LogP contribution in [-0.2, 0) is 28.6 Å². The molecule has 0 saturated heterocycles. The minimum Gasteiger partial charge on any atom is -0.462 e. The number of esters is 3. The van der Waals surface area contributed by atoms with E-state index in [0.717, 1.165) is 70.6 Å². The van der Waals surface area contributed by atoms with Gasteiger partial charge in [-0.25, -0.2) is 0 Å². The molecule has 0 radical (unpaired) electrons. The zero-order valence-corrected chi connectivity index (χ0v) is 48.9. The summed E-state index contributed by atoms with van der Waals surface area (Å²) >= 11 is 0. The number of hydrogen-bond donors (Lipinski definition) is 0. The summed E-state index contributed by atoms with van der Waals surface area (Å²) in [5, 5.41) is 0. The minimum absolute atomic E-state index is 0.0757. The van der Waals surface area contributed by atoms with E-state index in [9.17, 15) is 14.4 Å². The number of rotatable bonds is 59. The van der Waals surface area contributed by atoms with Crippen molar-refractivity contribution in [3.63, 3.8) is 0 Å². The summed E-state index contributed by atoms with van der Waals surface area (Å²) in [4.78, 5) is 38.3. The first kappa shape index (κ1) is 70.4. The van der Waals surface area contributed by atoms with Crippen LogP contribution in [0.25, 0.3) is 0 Å². The summed E-state index contributed by atoms with van der Waals surface area (Å²) in [6.45, 7) is 6.65. The Morgan fingerprint density at radius 2 is 0.493 bits per heavy atom. The van der Waals surface area contributed by atoms with Crippen molar-refractivity contribution in [3.8, 4) is 0 Å². The van der Waals surface area contributed by atoms with Crippen molar-refractivity contribution in [1.82, 2.24) is 0 Å². The van der Waals surface area contributed by atoms with Crippen LogP contribution in [0.4, 0.5) is 0 Å². The van der Waals surface area contributed by atoms with E-state index in [1.165, 1.54) is 231 Å². The Morgan fingerprint density at radius 1 is 0.274 bits per heavy atom. The molecule has 0 unspecified atom stereocenters. The lowest BCUT2D eigenvalue weighted by Crippen LogP contribution is -2.30. The maximum absolute atomic E-state index is 12.9. The third kappa shape index (κ3) is 60.1. The molecule has 0 fully saturated rings. The molecule has 6 heteroatoms. The third-order valence-electron chi connectivity index (χ3n) is 14.3. The molecule has 0 aromatic carbocycles. The van der Waals surface area contributed by atoms with Crippen molar-refractivity contribution in [2.45, 2.75) is 348 Å². The van der Waals surface area contributed by atoms with Crippen LogP contribution in [0, 0.1) is 0 Å². The van der Waals surface area contributed by atoms with Gasteiger partial charge in [0.2, 0.25) is 0 Å². The lowest BCUT2D eigenvalue weighted by molar-refractivity contribution is -0.167. The van der Waals surface area contributed by atoms with Gasteiger partial charge >= 0.3 is 17.9 Å². The Labute approximate surface area is 454 Å². The predicted molar refractivity (Wildman–Crippen MR) is 316 cm³/mol. The fourth-order valence-electron chi connectivity index (χ4n) is 9.41. The van der Waals surface area contributed by atoms with Gasteiger partial charge in [-0.2, -0.15) is 0 Å². The zero-order chi connectivity index (χ0) is 52.9. The third-order valence-corrected chi connectivity index (χ3v) is 14.3. The number of carbonyl (C=O) groups is 3. The van der Waals surface area contributed by atoms with E-state index >= 15 is 0 Å². The van der Waals surface area contributed by atoms with Gasteiger partial charge in [0.05, 0.1) is 0 Å². The summed E-state index contributed by atoms with van der Waals surface area (Å²) in [5.41, 5.74) is 0. The van der Waals surface area contributed by atoms with Crippen molar-refractivity contribution >= 4 is 17.9 Å². The van der Waals surface area contributed by atoms with E-state index in [2.05, 4.69) is 69.4 Å². The maximum Gasteiger partial charge on any atom is 0.306 e. The first-order valence-corrected chi connectivity index (χ1v) is 32.1. The molecule has 0 aliphatic carbocycles. The van der Waals surface area contributed by atoms with Crippen LogP contribution >= 0.6 is 0 Å². The van der Waals surface area contributed by atoms with E-state index in [1.54, 1.807) is 0 Å². The number of hydrogen-bond acceptors (Lipinski definition) is 6. The number of unbranched alkanes of at least 4 members (excludes halogenated alkanes) is 40. The maximum atomic E-state index is 12.9. The van der Waals surface area contributed by atoms with Gasteiger partial charge in [0.25, 0.3) is 0 Å². The summed E-state index contributed by atoms with van der Waals surface area (Å²) in [6.07, 6.45) is 76.8. The molecule has 6 nitrogen and oxygen atoms in total. The molecule has 0 aromatic rings. The van der Waals surface area contributed by atoms with Gasteiger partial charge in [-0.3, -0.25) is 14.4 Å².